The molecule has 0 aromatic heterocycles. The van der Waals surface area contributed by atoms with Gasteiger partial charge in [-0.25, -0.2) is 0 Å². The van der Waals surface area contributed by atoms with Gasteiger partial charge in [-0.05, 0) is 58.8 Å². The molecule has 0 fully saturated rings. The molecule has 0 atom stereocenters. The van der Waals surface area contributed by atoms with Gasteiger partial charge in [0.05, 0.1) is 23.9 Å². The number of rotatable bonds is 6. The van der Waals surface area contributed by atoms with Crippen LogP contribution in [0.5, 0.6) is 17.2 Å². The highest BCUT2D eigenvalue weighted by molar-refractivity contribution is 9.10. The predicted molar refractivity (Wildman–Crippen MR) is 102 cm³/mol. The highest BCUT2D eigenvalue weighted by atomic mass is 79.9. The third kappa shape index (κ3) is 4.55. The number of nitriles is 1. The lowest BCUT2D eigenvalue weighted by Gasteiger charge is -2.11. The van der Waals surface area contributed by atoms with E-state index in [4.69, 9.17) is 9.47 Å². The van der Waals surface area contributed by atoms with Gasteiger partial charge in [-0.3, -0.25) is 4.79 Å². The fourth-order valence-electron chi connectivity index (χ4n) is 2.19. The van der Waals surface area contributed by atoms with Crippen LogP contribution in [-0.4, -0.2) is 24.7 Å². The molecule has 26 heavy (non-hydrogen) atoms. The first-order chi connectivity index (χ1) is 12.5. The summed E-state index contributed by atoms with van der Waals surface area (Å²) in [5, 5.41) is 21.9. The Labute approximate surface area is 159 Å². The van der Waals surface area contributed by atoms with Gasteiger partial charge < -0.3 is 19.9 Å². The minimum atomic E-state index is -0.567. The molecule has 0 aliphatic rings. The first-order valence-electron chi connectivity index (χ1n) is 7.71. The standard InChI is InChI=1S/C19H17BrN2O4/c1-3-26-16-7-5-4-6-15(16)22-19(24)13(11-21)8-12-9-14(20)18(23)17(10-12)25-2/h4-10,23H,3H2,1-2H3,(H,22,24)/b13-8+. The second kappa shape index (κ2) is 8.92. The van der Waals surface area contributed by atoms with Crippen molar-refractivity contribution in [3.8, 4) is 23.3 Å². The molecular formula is C19H17BrN2O4. The molecule has 0 saturated heterocycles. The van der Waals surface area contributed by atoms with Crippen molar-refractivity contribution in [1.82, 2.24) is 0 Å². The van der Waals surface area contributed by atoms with Gasteiger partial charge in [-0.1, -0.05) is 12.1 Å². The van der Waals surface area contributed by atoms with Gasteiger partial charge in [0.1, 0.15) is 17.4 Å². The van der Waals surface area contributed by atoms with E-state index in [9.17, 15) is 15.2 Å². The number of hydrogen-bond acceptors (Lipinski definition) is 5. The zero-order valence-corrected chi connectivity index (χ0v) is 15.8. The maximum absolute atomic E-state index is 12.5. The Morgan fingerprint density at radius 2 is 2.08 bits per heavy atom. The number of para-hydroxylation sites is 2. The smallest absolute Gasteiger partial charge is 0.266 e. The second-order valence-corrected chi connectivity index (χ2v) is 5.96. The monoisotopic (exact) mass is 416 g/mol. The molecule has 7 heteroatoms. The van der Waals surface area contributed by atoms with E-state index in [2.05, 4.69) is 21.2 Å². The summed E-state index contributed by atoms with van der Waals surface area (Å²) in [4.78, 5) is 12.5. The molecule has 6 nitrogen and oxygen atoms in total. The number of halogens is 1. The Hall–Kier alpha value is -2.98. The van der Waals surface area contributed by atoms with Gasteiger partial charge in [0, 0.05) is 0 Å². The average Bonchev–Trinajstić information content (AvgIpc) is 2.64. The summed E-state index contributed by atoms with van der Waals surface area (Å²) in [5.74, 6) is 0.126. The molecule has 0 aliphatic heterocycles. The molecule has 0 radical (unpaired) electrons. The summed E-state index contributed by atoms with van der Waals surface area (Å²) in [7, 11) is 1.41. The van der Waals surface area contributed by atoms with Crippen molar-refractivity contribution in [2.24, 2.45) is 0 Å². The molecule has 2 aromatic carbocycles. The Morgan fingerprint density at radius 1 is 1.35 bits per heavy atom. The van der Waals surface area contributed by atoms with Gasteiger partial charge in [0.25, 0.3) is 5.91 Å². The lowest BCUT2D eigenvalue weighted by atomic mass is 10.1. The average molecular weight is 417 g/mol. The molecule has 0 spiro atoms. The number of aromatic hydroxyl groups is 1. The number of amides is 1. The largest absolute Gasteiger partial charge is 0.503 e. The number of carbonyl (C=O) groups is 1. The number of carbonyl (C=O) groups excluding carboxylic acids is 1. The molecule has 2 aromatic rings. The van der Waals surface area contributed by atoms with Crippen LogP contribution in [0.15, 0.2) is 46.4 Å². The summed E-state index contributed by atoms with van der Waals surface area (Å²) in [6, 6.07) is 12.0. The SMILES string of the molecule is CCOc1ccccc1NC(=O)/C(C#N)=C/c1cc(Br)c(O)c(OC)c1. The lowest BCUT2D eigenvalue weighted by Crippen LogP contribution is -2.14. The Morgan fingerprint density at radius 3 is 2.73 bits per heavy atom. The second-order valence-electron chi connectivity index (χ2n) is 5.11. The van der Waals surface area contributed by atoms with E-state index >= 15 is 0 Å². The summed E-state index contributed by atoms with van der Waals surface area (Å²) in [6.07, 6.45) is 1.41. The van der Waals surface area contributed by atoms with Crippen LogP contribution in [0.3, 0.4) is 0 Å². The third-order valence-electron chi connectivity index (χ3n) is 3.38. The van der Waals surface area contributed by atoms with E-state index in [0.29, 0.717) is 28.1 Å². The van der Waals surface area contributed by atoms with Crippen LogP contribution in [0.1, 0.15) is 12.5 Å². The predicted octanol–water partition coefficient (Wildman–Crippen LogP) is 4.11. The summed E-state index contributed by atoms with van der Waals surface area (Å²) in [6.45, 7) is 2.30. The first kappa shape index (κ1) is 19.3. The quantitative estimate of drug-likeness (QED) is 0.545. The number of ether oxygens (including phenoxy) is 2. The molecule has 2 N–H and O–H groups in total. The molecule has 0 aliphatic carbocycles. The van der Waals surface area contributed by atoms with Crippen LogP contribution in [-0.2, 0) is 4.79 Å². The van der Waals surface area contributed by atoms with E-state index in [1.54, 1.807) is 30.3 Å². The van der Waals surface area contributed by atoms with Crippen molar-refractivity contribution >= 4 is 33.6 Å². The Kier molecular flexibility index (Phi) is 6.64. The van der Waals surface area contributed by atoms with E-state index in [-0.39, 0.29) is 17.1 Å². The van der Waals surface area contributed by atoms with Crippen molar-refractivity contribution in [2.45, 2.75) is 6.92 Å². The van der Waals surface area contributed by atoms with Crippen molar-refractivity contribution in [3.05, 3.63) is 52.0 Å². The number of phenols is 1. The number of phenolic OH excluding ortho intramolecular Hbond substituents is 1. The summed E-state index contributed by atoms with van der Waals surface area (Å²) in [5.41, 5.74) is 0.900. The van der Waals surface area contributed by atoms with Crippen molar-refractivity contribution in [1.29, 1.82) is 5.26 Å². The molecule has 0 unspecified atom stereocenters. The molecule has 134 valence electrons. The lowest BCUT2D eigenvalue weighted by molar-refractivity contribution is -0.112. The van der Waals surface area contributed by atoms with Crippen LogP contribution in [0, 0.1) is 11.3 Å². The van der Waals surface area contributed by atoms with Crippen LogP contribution in [0.4, 0.5) is 5.69 Å². The third-order valence-corrected chi connectivity index (χ3v) is 3.99. The van der Waals surface area contributed by atoms with E-state index in [1.165, 1.54) is 19.3 Å². The van der Waals surface area contributed by atoms with Crippen LogP contribution in [0.2, 0.25) is 0 Å². The number of hydrogen-bond donors (Lipinski definition) is 2. The van der Waals surface area contributed by atoms with Gasteiger partial charge in [-0.2, -0.15) is 5.26 Å². The Bertz CT molecular complexity index is 888. The number of anilines is 1. The van der Waals surface area contributed by atoms with Crippen molar-refractivity contribution in [2.75, 3.05) is 19.0 Å². The normalized spacial score (nSPS) is 10.8. The highest BCUT2D eigenvalue weighted by Gasteiger charge is 2.14. The fraction of sp³-hybridized carbons (Fsp3) is 0.158. The molecular weight excluding hydrogens is 400 g/mol. The maximum atomic E-state index is 12.5. The molecule has 0 saturated carbocycles. The summed E-state index contributed by atoms with van der Waals surface area (Å²) >= 11 is 3.21. The van der Waals surface area contributed by atoms with Crippen molar-refractivity contribution in [3.63, 3.8) is 0 Å². The van der Waals surface area contributed by atoms with Crippen LogP contribution >= 0.6 is 15.9 Å². The number of nitrogens with one attached hydrogen (secondary N) is 1. The zero-order valence-electron chi connectivity index (χ0n) is 14.2. The zero-order chi connectivity index (χ0) is 19.1. The van der Waals surface area contributed by atoms with E-state index < -0.39 is 5.91 Å². The molecule has 2 rings (SSSR count). The van der Waals surface area contributed by atoms with Crippen molar-refractivity contribution < 1.29 is 19.4 Å². The number of nitrogens with zero attached hydrogens (tertiary/aromatic N) is 1. The van der Waals surface area contributed by atoms with Crippen LogP contribution < -0.4 is 14.8 Å². The fourth-order valence-corrected chi connectivity index (χ4v) is 2.65. The van der Waals surface area contributed by atoms with Gasteiger partial charge in [-0.15, -0.1) is 0 Å². The molecule has 1 amide bonds. The first-order valence-corrected chi connectivity index (χ1v) is 8.50. The van der Waals surface area contributed by atoms with Crippen LogP contribution in [0.25, 0.3) is 6.08 Å². The molecule has 0 bridgehead atoms. The van der Waals surface area contributed by atoms with Gasteiger partial charge in [0.2, 0.25) is 0 Å². The van der Waals surface area contributed by atoms with E-state index in [1.807, 2.05) is 13.0 Å². The minimum absolute atomic E-state index is 0.0572. The highest BCUT2D eigenvalue weighted by Crippen LogP contribution is 2.35. The Balaban J connectivity index is 2.31. The minimum Gasteiger partial charge on any atom is -0.503 e. The topological polar surface area (TPSA) is 91.6 Å². The van der Waals surface area contributed by atoms with E-state index in [0.717, 1.165) is 0 Å². The number of methoxy groups -OCH3 is 1. The molecule has 0 heterocycles. The number of benzene rings is 2. The summed E-state index contributed by atoms with van der Waals surface area (Å²) < 4.78 is 10.9. The van der Waals surface area contributed by atoms with Gasteiger partial charge in [0.15, 0.2) is 11.5 Å². The van der Waals surface area contributed by atoms with Gasteiger partial charge >= 0.3 is 0 Å². The maximum Gasteiger partial charge on any atom is 0.266 e.